The molecule has 176 valence electrons. The Kier molecular flexibility index (Phi) is 8.36. The van der Waals surface area contributed by atoms with Gasteiger partial charge in [-0.15, -0.1) is 0 Å². The van der Waals surface area contributed by atoms with Crippen LogP contribution in [0.15, 0.2) is 18.2 Å². The van der Waals surface area contributed by atoms with E-state index < -0.39 is 0 Å². The van der Waals surface area contributed by atoms with Crippen molar-refractivity contribution in [3.63, 3.8) is 0 Å². The fourth-order valence-corrected chi connectivity index (χ4v) is 4.51. The van der Waals surface area contributed by atoms with Gasteiger partial charge in [0.25, 0.3) is 5.91 Å². The summed E-state index contributed by atoms with van der Waals surface area (Å²) in [5, 5.41) is 2.84. The summed E-state index contributed by atoms with van der Waals surface area (Å²) < 4.78 is 11.7. The maximum Gasteiger partial charge on any atom is 0.258 e. The number of rotatable bonds is 7. The number of methoxy groups -OCH3 is 1. The summed E-state index contributed by atoms with van der Waals surface area (Å²) in [6.45, 7) is 5.66. The van der Waals surface area contributed by atoms with Crippen molar-refractivity contribution >= 4 is 17.7 Å². The van der Waals surface area contributed by atoms with Gasteiger partial charge in [0.1, 0.15) is 17.6 Å². The topological polar surface area (TPSA) is 88.2 Å². The molecule has 0 aromatic heterocycles. The second-order valence-electron chi connectivity index (χ2n) is 8.61. The van der Waals surface area contributed by atoms with Crippen LogP contribution in [0.4, 0.5) is 0 Å². The van der Waals surface area contributed by atoms with Crippen LogP contribution < -0.4 is 14.8 Å². The van der Waals surface area contributed by atoms with Crippen molar-refractivity contribution in [1.29, 1.82) is 0 Å². The zero-order valence-electron chi connectivity index (χ0n) is 19.4. The Hall–Kier alpha value is -2.77. The Balaban J connectivity index is 1.75. The molecule has 0 aliphatic carbocycles. The number of hydrogen-bond acceptors (Lipinski definition) is 5. The van der Waals surface area contributed by atoms with Crippen LogP contribution in [0.3, 0.4) is 0 Å². The molecule has 2 aliphatic rings. The summed E-state index contributed by atoms with van der Waals surface area (Å²) in [4.78, 5) is 40.2. The number of nitrogens with one attached hydrogen (secondary N) is 1. The Bertz CT molecular complexity index is 820. The molecule has 3 amide bonds. The lowest BCUT2D eigenvalue weighted by Gasteiger charge is -2.37. The lowest BCUT2D eigenvalue weighted by molar-refractivity contribution is -0.130. The number of nitrogens with zero attached hydrogens (tertiary/aromatic N) is 2. The van der Waals surface area contributed by atoms with Crippen LogP contribution in [0.2, 0.25) is 0 Å². The van der Waals surface area contributed by atoms with Crippen molar-refractivity contribution in [3.8, 4) is 11.5 Å². The highest BCUT2D eigenvalue weighted by molar-refractivity contribution is 5.97. The SMILES string of the molecule is COc1ccc(OC2CCN(C(C)=O)CC2)c(C(=O)N2CCCC[C@@H]2CCNC(C)=O)c1. The minimum absolute atomic E-state index is 0.0394. The number of ether oxygens (including phenoxy) is 2. The molecule has 1 N–H and O–H groups in total. The van der Waals surface area contributed by atoms with E-state index in [-0.39, 0.29) is 29.9 Å². The highest BCUT2D eigenvalue weighted by Gasteiger charge is 2.30. The maximum absolute atomic E-state index is 13.6. The van der Waals surface area contributed by atoms with Crippen LogP contribution >= 0.6 is 0 Å². The molecule has 0 unspecified atom stereocenters. The molecule has 8 nitrogen and oxygen atoms in total. The van der Waals surface area contributed by atoms with Gasteiger partial charge in [-0.05, 0) is 43.9 Å². The smallest absolute Gasteiger partial charge is 0.258 e. The minimum atomic E-state index is -0.0624. The van der Waals surface area contributed by atoms with Gasteiger partial charge in [0.15, 0.2) is 0 Å². The highest BCUT2D eigenvalue weighted by Crippen LogP contribution is 2.31. The van der Waals surface area contributed by atoms with Gasteiger partial charge < -0.3 is 24.6 Å². The second kappa shape index (κ2) is 11.2. The number of carbonyl (C=O) groups is 3. The van der Waals surface area contributed by atoms with Crippen molar-refractivity contribution in [2.45, 2.75) is 64.5 Å². The van der Waals surface area contributed by atoms with E-state index in [0.717, 1.165) is 38.5 Å². The first-order valence-corrected chi connectivity index (χ1v) is 11.5. The summed E-state index contributed by atoms with van der Waals surface area (Å²) in [7, 11) is 1.58. The number of carbonyl (C=O) groups excluding carboxylic acids is 3. The molecule has 8 heteroatoms. The van der Waals surface area contributed by atoms with Crippen LogP contribution in [0.25, 0.3) is 0 Å². The summed E-state index contributed by atoms with van der Waals surface area (Å²) >= 11 is 0. The number of hydrogen-bond donors (Lipinski definition) is 1. The van der Waals surface area contributed by atoms with Crippen LogP contribution in [0.1, 0.15) is 62.7 Å². The average Bonchev–Trinajstić information content (AvgIpc) is 2.79. The molecule has 2 aliphatic heterocycles. The summed E-state index contributed by atoms with van der Waals surface area (Å²) in [5.41, 5.74) is 0.504. The summed E-state index contributed by atoms with van der Waals surface area (Å²) in [5.74, 6) is 1.13. The Morgan fingerprint density at radius 3 is 2.47 bits per heavy atom. The van der Waals surface area contributed by atoms with E-state index >= 15 is 0 Å². The number of amides is 3. The van der Waals surface area contributed by atoms with E-state index in [2.05, 4.69) is 5.32 Å². The van der Waals surface area contributed by atoms with Gasteiger partial charge in [-0.3, -0.25) is 14.4 Å². The van der Waals surface area contributed by atoms with Crippen molar-refractivity contribution in [2.75, 3.05) is 33.3 Å². The van der Waals surface area contributed by atoms with Gasteiger partial charge in [0.2, 0.25) is 11.8 Å². The lowest BCUT2D eigenvalue weighted by atomic mass is 9.97. The molecular formula is C24H35N3O5. The van der Waals surface area contributed by atoms with Crippen LogP contribution in [-0.2, 0) is 9.59 Å². The van der Waals surface area contributed by atoms with E-state index in [1.807, 2.05) is 9.80 Å². The Labute approximate surface area is 190 Å². The zero-order chi connectivity index (χ0) is 23.1. The lowest BCUT2D eigenvalue weighted by Crippen LogP contribution is -2.45. The van der Waals surface area contributed by atoms with Gasteiger partial charge >= 0.3 is 0 Å². The highest BCUT2D eigenvalue weighted by atomic mass is 16.5. The fourth-order valence-electron chi connectivity index (χ4n) is 4.51. The predicted molar refractivity (Wildman–Crippen MR) is 121 cm³/mol. The van der Waals surface area contributed by atoms with Crippen molar-refractivity contribution in [2.24, 2.45) is 0 Å². The van der Waals surface area contributed by atoms with E-state index in [1.54, 1.807) is 32.2 Å². The average molecular weight is 446 g/mol. The third kappa shape index (κ3) is 6.14. The molecule has 0 bridgehead atoms. The molecule has 1 aromatic rings. The fraction of sp³-hybridized carbons (Fsp3) is 0.625. The first kappa shape index (κ1) is 23.9. The normalized spacial score (nSPS) is 19.4. The van der Waals surface area contributed by atoms with Crippen LogP contribution in [0, 0.1) is 0 Å². The molecule has 3 rings (SSSR count). The monoisotopic (exact) mass is 445 g/mol. The van der Waals surface area contributed by atoms with Gasteiger partial charge in [0.05, 0.1) is 12.7 Å². The van der Waals surface area contributed by atoms with Crippen molar-refractivity contribution < 1.29 is 23.9 Å². The van der Waals surface area contributed by atoms with Gasteiger partial charge in [0, 0.05) is 58.9 Å². The van der Waals surface area contributed by atoms with Gasteiger partial charge in [-0.2, -0.15) is 0 Å². The molecule has 2 heterocycles. The number of likely N-dealkylation sites (tertiary alicyclic amines) is 2. The van der Waals surface area contributed by atoms with E-state index in [4.69, 9.17) is 9.47 Å². The quantitative estimate of drug-likeness (QED) is 0.697. The van der Waals surface area contributed by atoms with E-state index in [9.17, 15) is 14.4 Å². The van der Waals surface area contributed by atoms with Crippen molar-refractivity contribution in [3.05, 3.63) is 23.8 Å². The maximum atomic E-state index is 13.6. The Morgan fingerprint density at radius 1 is 1.06 bits per heavy atom. The van der Waals surface area contributed by atoms with Crippen molar-refractivity contribution in [1.82, 2.24) is 15.1 Å². The van der Waals surface area contributed by atoms with E-state index in [1.165, 1.54) is 6.92 Å². The Morgan fingerprint density at radius 2 is 1.81 bits per heavy atom. The zero-order valence-corrected chi connectivity index (χ0v) is 19.4. The molecule has 2 fully saturated rings. The summed E-state index contributed by atoms with van der Waals surface area (Å²) in [6, 6.07) is 5.45. The third-order valence-electron chi connectivity index (χ3n) is 6.34. The third-order valence-corrected chi connectivity index (χ3v) is 6.34. The molecule has 0 spiro atoms. The second-order valence-corrected chi connectivity index (χ2v) is 8.61. The van der Waals surface area contributed by atoms with E-state index in [0.29, 0.717) is 43.2 Å². The molecule has 0 saturated carbocycles. The number of piperidine rings is 2. The van der Waals surface area contributed by atoms with Crippen LogP contribution in [0.5, 0.6) is 11.5 Å². The molecule has 32 heavy (non-hydrogen) atoms. The predicted octanol–water partition coefficient (Wildman–Crippen LogP) is 2.61. The molecule has 2 saturated heterocycles. The largest absolute Gasteiger partial charge is 0.497 e. The molecule has 1 aromatic carbocycles. The first-order valence-electron chi connectivity index (χ1n) is 11.5. The van der Waals surface area contributed by atoms with Crippen LogP contribution in [-0.4, -0.2) is 73.0 Å². The molecule has 1 atom stereocenters. The molecule has 0 radical (unpaired) electrons. The molecular weight excluding hydrogens is 410 g/mol. The first-order chi connectivity index (χ1) is 15.4. The number of benzene rings is 1. The van der Waals surface area contributed by atoms with Gasteiger partial charge in [-0.25, -0.2) is 0 Å². The van der Waals surface area contributed by atoms with Gasteiger partial charge in [-0.1, -0.05) is 0 Å². The standard InChI is InChI=1S/C24H35N3O5/c1-17(28)25-12-9-19-6-4-5-13-27(19)24(30)22-16-21(31-3)7-8-23(22)32-20-10-14-26(15-11-20)18(2)29/h7-8,16,19-20H,4-6,9-15H2,1-3H3,(H,25,28)/t19-/m1/s1. The minimum Gasteiger partial charge on any atom is -0.497 e. The summed E-state index contributed by atoms with van der Waals surface area (Å²) in [6.07, 6.45) is 5.13.